The van der Waals surface area contributed by atoms with Crippen LogP contribution in [-0.2, 0) is 12.7 Å². The molecule has 0 saturated heterocycles. The largest absolute Gasteiger partial charge is 0.418 e. The van der Waals surface area contributed by atoms with Gasteiger partial charge in [-0.2, -0.15) is 13.2 Å². The lowest BCUT2D eigenvalue weighted by molar-refractivity contribution is -0.136. The third-order valence-corrected chi connectivity index (χ3v) is 3.39. The monoisotopic (exact) mass is 337 g/mol. The van der Waals surface area contributed by atoms with Crippen molar-refractivity contribution in [3.05, 3.63) is 63.4 Å². The summed E-state index contributed by atoms with van der Waals surface area (Å²) in [5.74, 6) is -0.633. The molecular weight excluding hydrogens is 329 g/mol. The summed E-state index contributed by atoms with van der Waals surface area (Å²) >= 11 is 11.3. The molecule has 0 radical (unpaired) electrons. The molecule has 0 heterocycles. The molecule has 2 aromatic rings. The Labute approximate surface area is 128 Å². The maximum absolute atomic E-state index is 13.3. The second kappa shape index (κ2) is 6.12. The predicted molar refractivity (Wildman–Crippen MR) is 75.2 cm³/mol. The molecule has 1 N–H and O–H groups in total. The van der Waals surface area contributed by atoms with Crippen molar-refractivity contribution in [2.45, 2.75) is 12.7 Å². The molecule has 0 unspecified atom stereocenters. The molecule has 0 saturated carbocycles. The van der Waals surface area contributed by atoms with Gasteiger partial charge in [0, 0.05) is 6.54 Å². The minimum Gasteiger partial charge on any atom is -0.379 e. The molecule has 112 valence electrons. The number of benzene rings is 2. The van der Waals surface area contributed by atoms with E-state index in [2.05, 4.69) is 5.32 Å². The maximum Gasteiger partial charge on any atom is 0.418 e. The molecule has 7 heteroatoms. The van der Waals surface area contributed by atoms with Gasteiger partial charge in [0.25, 0.3) is 0 Å². The fourth-order valence-corrected chi connectivity index (χ4v) is 2.14. The Morgan fingerprint density at radius 2 is 1.71 bits per heavy atom. The number of anilines is 1. The van der Waals surface area contributed by atoms with E-state index in [1.807, 2.05) is 0 Å². The van der Waals surface area contributed by atoms with E-state index in [0.717, 1.165) is 12.1 Å². The molecule has 0 amide bonds. The molecule has 0 fully saturated rings. The lowest BCUT2D eigenvalue weighted by Gasteiger charge is -2.16. The zero-order valence-electron chi connectivity index (χ0n) is 10.4. The Morgan fingerprint density at radius 1 is 1.00 bits per heavy atom. The van der Waals surface area contributed by atoms with Crippen LogP contribution in [-0.4, -0.2) is 0 Å². The van der Waals surface area contributed by atoms with Gasteiger partial charge in [-0.15, -0.1) is 0 Å². The van der Waals surface area contributed by atoms with Gasteiger partial charge in [0.2, 0.25) is 0 Å². The summed E-state index contributed by atoms with van der Waals surface area (Å²) in [5.41, 5.74) is -0.656. The summed E-state index contributed by atoms with van der Waals surface area (Å²) in [6.45, 7) is -0.0130. The van der Waals surface area contributed by atoms with Gasteiger partial charge in [-0.05, 0) is 29.8 Å². The first-order valence-electron chi connectivity index (χ1n) is 5.82. The number of hydrogen-bond donors (Lipinski definition) is 1. The van der Waals surface area contributed by atoms with Crippen LogP contribution in [0, 0.1) is 5.82 Å². The van der Waals surface area contributed by atoms with Crippen LogP contribution in [0.4, 0.5) is 23.2 Å². The topological polar surface area (TPSA) is 12.0 Å². The third-order valence-electron chi connectivity index (χ3n) is 2.77. The summed E-state index contributed by atoms with van der Waals surface area (Å²) < 4.78 is 52.0. The predicted octanol–water partition coefficient (Wildman–Crippen LogP) is 5.76. The Balaban J connectivity index is 2.25. The maximum atomic E-state index is 13.3. The smallest absolute Gasteiger partial charge is 0.379 e. The molecule has 0 aliphatic carbocycles. The minimum atomic E-state index is -4.53. The molecule has 1 nitrogen and oxygen atoms in total. The second-order valence-electron chi connectivity index (χ2n) is 4.26. The lowest BCUT2D eigenvalue weighted by Crippen LogP contribution is -2.11. The SMILES string of the molecule is Fc1cc(CNc2c(Cl)cccc2C(F)(F)F)ccc1Cl. The van der Waals surface area contributed by atoms with Crippen molar-refractivity contribution in [2.24, 2.45) is 0 Å². The van der Waals surface area contributed by atoms with Gasteiger partial charge >= 0.3 is 6.18 Å². The van der Waals surface area contributed by atoms with Crippen molar-refractivity contribution in [2.75, 3.05) is 5.32 Å². The first kappa shape index (κ1) is 15.9. The fraction of sp³-hybridized carbons (Fsp3) is 0.143. The molecule has 0 aliphatic heterocycles. The average Bonchev–Trinajstić information content (AvgIpc) is 2.40. The van der Waals surface area contributed by atoms with E-state index < -0.39 is 17.6 Å². The number of alkyl halides is 3. The Morgan fingerprint density at radius 3 is 2.33 bits per heavy atom. The zero-order chi connectivity index (χ0) is 15.6. The van der Waals surface area contributed by atoms with Gasteiger partial charge in [0.15, 0.2) is 0 Å². The highest BCUT2D eigenvalue weighted by Gasteiger charge is 2.34. The van der Waals surface area contributed by atoms with Crippen molar-refractivity contribution in [1.29, 1.82) is 0 Å². The van der Waals surface area contributed by atoms with Crippen molar-refractivity contribution in [1.82, 2.24) is 0 Å². The number of halogens is 6. The van der Waals surface area contributed by atoms with Crippen molar-refractivity contribution in [3.63, 3.8) is 0 Å². The summed E-state index contributed by atoms with van der Waals surface area (Å²) in [7, 11) is 0. The summed E-state index contributed by atoms with van der Waals surface area (Å²) in [5, 5.41) is 2.48. The Bertz CT molecular complexity index is 656. The van der Waals surface area contributed by atoms with Crippen molar-refractivity contribution in [3.8, 4) is 0 Å². The molecule has 2 aromatic carbocycles. The van der Waals surface area contributed by atoms with Crippen LogP contribution in [0.1, 0.15) is 11.1 Å². The molecule has 0 aliphatic rings. The highest BCUT2D eigenvalue weighted by Crippen LogP contribution is 2.38. The number of rotatable bonds is 3. The van der Waals surface area contributed by atoms with Crippen LogP contribution in [0.3, 0.4) is 0 Å². The molecular formula is C14H9Cl2F4N. The molecule has 21 heavy (non-hydrogen) atoms. The number of nitrogens with one attached hydrogen (secondary N) is 1. The molecule has 0 aromatic heterocycles. The van der Waals surface area contributed by atoms with Gasteiger partial charge in [0.1, 0.15) is 5.82 Å². The van der Waals surface area contributed by atoms with Crippen LogP contribution in [0.15, 0.2) is 36.4 Å². The van der Waals surface area contributed by atoms with E-state index in [0.29, 0.717) is 5.56 Å². The number of para-hydroxylation sites is 1. The van der Waals surface area contributed by atoms with E-state index >= 15 is 0 Å². The van der Waals surface area contributed by atoms with Crippen molar-refractivity contribution >= 4 is 28.9 Å². The molecule has 0 bridgehead atoms. The van der Waals surface area contributed by atoms with Gasteiger partial charge in [-0.25, -0.2) is 4.39 Å². The summed E-state index contributed by atoms with van der Waals surface area (Å²) in [4.78, 5) is 0. The molecule has 0 atom stereocenters. The van der Waals surface area contributed by atoms with Crippen LogP contribution >= 0.6 is 23.2 Å². The third kappa shape index (κ3) is 3.80. The van der Waals surface area contributed by atoms with E-state index in [9.17, 15) is 17.6 Å². The second-order valence-corrected chi connectivity index (χ2v) is 5.08. The highest BCUT2D eigenvalue weighted by molar-refractivity contribution is 6.33. The van der Waals surface area contributed by atoms with Gasteiger partial charge in [-0.3, -0.25) is 0 Å². The average molecular weight is 338 g/mol. The van der Waals surface area contributed by atoms with Crippen LogP contribution in [0.2, 0.25) is 10.0 Å². The Hall–Kier alpha value is -1.46. The fourth-order valence-electron chi connectivity index (χ4n) is 1.78. The first-order valence-corrected chi connectivity index (χ1v) is 6.58. The summed E-state index contributed by atoms with van der Waals surface area (Å²) in [6, 6.07) is 7.50. The van der Waals surface area contributed by atoms with E-state index in [-0.39, 0.29) is 22.3 Å². The van der Waals surface area contributed by atoms with Crippen molar-refractivity contribution < 1.29 is 17.6 Å². The first-order chi connectivity index (χ1) is 9.79. The standard InChI is InChI=1S/C14H9Cl2F4N/c15-10-5-4-8(6-12(10)17)7-21-13-9(14(18,19)20)2-1-3-11(13)16/h1-6,21H,7H2. The van der Waals surface area contributed by atoms with Crippen LogP contribution in [0.25, 0.3) is 0 Å². The highest BCUT2D eigenvalue weighted by atomic mass is 35.5. The van der Waals surface area contributed by atoms with E-state index in [4.69, 9.17) is 23.2 Å². The van der Waals surface area contributed by atoms with E-state index in [1.54, 1.807) is 0 Å². The van der Waals surface area contributed by atoms with E-state index in [1.165, 1.54) is 24.3 Å². The van der Waals surface area contributed by atoms with Crippen LogP contribution in [0.5, 0.6) is 0 Å². The zero-order valence-corrected chi connectivity index (χ0v) is 12.0. The number of hydrogen-bond acceptors (Lipinski definition) is 1. The van der Waals surface area contributed by atoms with Gasteiger partial charge in [0.05, 0.1) is 21.3 Å². The van der Waals surface area contributed by atoms with Gasteiger partial charge in [-0.1, -0.05) is 35.3 Å². The molecule has 2 rings (SSSR count). The quantitative estimate of drug-likeness (QED) is 0.701. The minimum absolute atomic E-state index is 0.0130. The summed E-state index contributed by atoms with van der Waals surface area (Å²) in [6.07, 6.45) is -4.53. The Kier molecular flexibility index (Phi) is 4.64. The van der Waals surface area contributed by atoms with Gasteiger partial charge < -0.3 is 5.32 Å². The lowest BCUT2D eigenvalue weighted by atomic mass is 10.1. The normalized spacial score (nSPS) is 11.5. The molecule has 0 spiro atoms. The van der Waals surface area contributed by atoms with Crippen LogP contribution < -0.4 is 5.32 Å².